The van der Waals surface area contributed by atoms with Crippen LogP contribution in [0.25, 0.3) is 10.6 Å². The predicted octanol–water partition coefficient (Wildman–Crippen LogP) is 3.32. The van der Waals surface area contributed by atoms with Gasteiger partial charge in [0.1, 0.15) is 5.01 Å². The fourth-order valence-corrected chi connectivity index (χ4v) is 3.60. The molecule has 2 atom stereocenters. The number of aromatic nitrogens is 1. The molecule has 1 aliphatic rings. The lowest BCUT2D eigenvalue weighted by molar-refractivity contribution is -0.384. The van der Waals surface area contributed by atoms with Crippen LogP contribution < -0.4 is 5.32 Å². The number of rotatable bonds is 4. The SMILES string of the molecule is CC1CN(Cc2csc(-c3cccc([N+](=O)[O-])c3)n2)C(C)CN1.Cl. The zero-order valence-electron chi connectivity index (χ0n) is 13.6. The molecule has 0 spiro atoms. The van der Waals surface area contributed by atoms with E-state index in [9.17, 15) is 10.1 Å². The second-order valence-corrected chi connectivity index (χ2v) is 6.90. The summed E-state index contributed by atoms with van der Waals surface area (Å²) in [6, 6.07) is 7.62. The zero-order chi connectivity index (χ0) is 16.4. The Balaban J connectivity index is 0.00000208. The van der Waals surface area contributed by atoms with E-state index in [-0.39, 0.29) is 23.0 Å². The van der Waals surface area contributed by atoms with E-state index in [0.717, 1.165) is 35.9 Å². The van der Waals surface area contributed by atoms with Gasteiger partial charge >= 0.3 is 0 Å². The first kappa shape index (κ1) is 18.8. The fourth-order valence-electron chi connectivity index (χ4n) is 2.79. The Kier molecular flexibility index (Phi) is 6.28. The quantitative estimate of drug-likeness (QED) is 0.662. The van der Waals surface area contributed by atoms with Gasteiger partial charge in [0.2, 0.25) is 0 Å². The smallest absolute Gasteiger partial charge is 0.270 e. The molecule has 24 heavy (non-hydrogen) atoms. The lowest BCUT2D eigenvalue weighted by atomic mass is 10.1. The molecule has 0 saturated carbocycles. The minimum atomic E-state index is -0.373. The van der Waals surface area contributed by atoms with E-state index in [0.29, 0.717) is 12.1 Å². The lowest BCUT2D eigenvalue weighted by Gasteiger charge is -2.37. The molecule has 1 fully saturated rings. The van der Waals surface area contributed by atoms with Gasteiger partial charge in [0.15, 0.2) is 0 Å². The summed E-state index contributed by atoms with van der Waals surface area (Å²) in [4.78, 5) is 17.6. The Bertz CT molecular complexity index is 709. The average Bonchev–Trinajstić information content (AvgIpc) is 3.00. The van der Waals surface area contributed by atoms with Crippen LogP contribution in [-0.2, 0) is 6.54 Å². The van der Waals surface area contributed by atoms with Gasteiger partial charge in [0, 0.05) is 54.8 Å². The normalized spacial score (nSPS) is 21.2. The largest absolute Gasteiger partial charge is 0.311 e. The van der Waals surface area contributed by atoms with Crippen molar-refractivity contribution in [2.45, 2.75) is 32.5 Å². The van der Waals surface area contributed by atoms with Crippen molar-refractivity contribution in [1.82, 2.24) is 15.2 Å². The molecular weight excluding hydrogens is 348 g/mol. The molecule has 0 radical (unpaired) electrons. The van der Waals surface area contributed by atoms with Crippen molar-refractivity contribution in [3.8, 4) is 10.6 Å². The number of piperazine rings is 1. The highest BCUT2D eigenvalue weighted by atomic mass is 35.5. The first-order valence-electron chi connectivity index (χ1n) is 7.69. The van der Waals surface area contributed by atoms with E-state index < -0.39 is 0 Å². The number of hydrogen-bond acceptors (Lipinski definition) is 6. The van der Waals surface area contributed by atoms with Crippen LogP contribution in [0.1, 0.15) is 19.5 Å². The standard InChI is InChI=1S/C16H20N4O2S.ClH/c1-11-8-19(12(2)7-17-11)9-14-10-23-16(18-14)13-4-3-5-15(6-13)20(21)22;/h3-6,10-12,17H,7-9H2,1-2H3;1H. The summed E-state index contributed by atoms with van der Waals surface area (Å²) in [5.41, 5.74) is 1.93. The van der Waals surface area contributed by atoms with Crippen molar-refractivity contribution < 1.29 is 4.92 Å². The minimum absolute atomic E-state index is 0. The van der Waals surface area contributed by atoms with Gasteiger partial charge in [-0.2, -0.15) is 0 Å². The summed E-state index contributed by atoms with van der Waals surface area (Å²) in [5, 5.41) is 17.2. The van der Waals surface area contributed by atoms with Gasteiger partial charge in [-0.1, -0.05) is 12.1 Å². The Morgan fingerprint density at radius 1 is 1.46 bits per heavy atom. The number of nitrogens with zero attached hydrogens (tertiary/aromatic N) is 3. The molecule has 0 bridgehead atoms. The number of thiazole rings is 1. The Morgan fingerprint density at radius 2 is 2.25 bits per heavy atom. The Hall–Kier alpha value is -1.54. The molecule has 1 N–H and O–H groups in total. The summed E-state index contributed by atoms with van der Waals surface area (Å²) in [6.45, 7) is 7.22. The van der Waals surface area contributed by atoms with Gasteiger partial charge in [0.05, 0.1) is 10.6 Å². The van der Waals surface area contributed by atoms with Crippen LogP contribution in [0, 0.1) is 10.1 Å². The van der Waals surface area contributed by atoms with E-state index in [1.165, 1.54) is 17.4 Å². The lowest BCUT2D eigenvalue weighted by Crippen LogP contribution is -2.53. The summed E-state index contributed by atoms with van der Waals surface area (Å²) >= 11 is 1.54. The number of nitro benzene ring substituents is 1. The van der Waals surface area contributed by atoms with E-state index in [4.69, 9.17) is 0 Å². The van der Waals surface area contributed by atoms with Crippen LogP contribution in [0.15, 0.2) is 29.6 Å². The van der Waals surface area contributed by atoms with Crippen molar-refractivity contribution >= 4 is 29.4 Å². The molecule has 2 aromatic rings. The summed E-state index contributed by atoms with van der Waals surface area (Å²) in [5.74, 6) is 0. The van der Waals surface area contributed by atoms with Crippen molar-refractivity contribution in [2.75, 3.05) is 13.1 Å². The maximum atomic E-state index is 10.9. The van der Waals surface area contributed by atoms with Crippen molar-refractivity contribution in [1.29, 1.82) is 0 Å². The summed E-state index contributed by atoms with van der Waals surface area (Å²) < 4.78 is 0. The molecule has 1 aliphatic heterocycles. The van der Waals surface area contributed by atoms with Crippen molar-refractivity contribution in [2.24, 2.45) is 0 Å². The molecule has 0 amide bonds. The molecule has 1 aromatic carbocycles. The molecule has 0 aliphatic carbocycles. The Labute approximate surface area is 151 Å². The molecule has 3 rings (SSSR count). The van der Waals surface area contributed by atoms with Crippen LogP contribution in [0.5, 0.6) is 0 Å². The first-order valence-corrected chi connectivity index (χ1v) is 8.57. The molecule has 8 heteroatoms. The fraction of sp³-hybridized carbons (Fsp3) is 0.438. The van der Waals surface area contributed by atoms with Crippen LogP contribution in [0.4, 0.5) is 5.69 Å². The number of benzene rings is 1. The van der Waals surface area contributed by atoms with E-state index >= 15 is 0 Å². The third-order valence-corrected chi connectivity index (χ3v) is 5.05. The number of non-ortho nitro benzene ring substituents is 1. The second kappa shape index (κ2) is 8.02. The third kappa shape index (κ3) is 4.30. The molecule has 2 unspecified atom stereocenters. The van der Waals surface area contributed by atoms with E-state index in [2.05, 4.69) is 29.0 Å². The van der Waals surface area contributed by atoms with Gasteiger partial charge in [-0.05, 0) is 13.8 Å². The van der Waals surface area contributed by atoms with Gasteiger partial charge < -0.3 is 5.32 Å². The van der Waals surface area contributed by atoms with Crippen molar-refractivity contribution in [3.05, 3.63) is 45.5 Å². The minimum Gasteiger partial charge on any atom is -0.311 e. The molecular formula is C16H21ClN4O2S. The molecule has 1 saturated heterocycles. The molecule has 2 heterocycles. The van der Waals surface area contributed by atoms with Gasteiger partial charge in [-0.3, -0.25) is 15.0 Å². The molecule has 130 valence electrons. The van der Waals surface area contributed by atoms with Crippen LogP contribution in [0.2, 0.25) is 0 Å². The zero-order valence-corrected chi connectivity index (χ0v) is 15.3. The second-order valence-electron chi connectivity index (χ2n) is 6.04. The molecule has 1 aromatic heterocycles. The number of hydrogen-bond donors (Lipinski definition) is 1. The Morgan fingerprint density at radius 3 is 3.00 bits per heavy atom. The third-order valence-electron chi connectivity index (χ3n) is 4.11. The summed E-state index contributed by atoms with van der Waals surface area (Å²) in [6.07, 6.45) is 0. The highest BCUT2D eigenvalue weighted by Crippen LogP contribution is 2.27. The van der Waals surface area contributed by atoms with Crippen LogP contribution in [0.3, 0.4) is 0 Å². The maximum Gasteiger partial charge on any atom is 0.270 e. The molecule has 6 nitrogen and oxygen atoms in total. The number of halogens is 1. The predicted molar refractivity (Wildman–Crippen MR) is 98.8 cm³/mol. The van der Waals surface area contributed by atoms with Gasteiger partial charge in [-0.15, -0.1) is 23.7 Å². The number of nitro groups is 1. The van der Waals surface area contributed by atoms with Gasteiger partial charge in [-0.25, -0.2) is 4.98 Å². The monoisotopic (exact) mass is 368 g/mol. The first-order chi connectivity index (χ1) is 11.0. The summed E-state index contributed by atoms with van der Waals surface area (Å²) in [7, 11) is 0. The average molecular weight is 369 g/mol. The maximum absolute atomic E-state index is 10.9. The van der Waals surface area contributed by atoms with Crippen molar-refractivity contribution in [3.63, 3.8) is 0 Å². The van der Waals surface area contributed by atoms with Crippen LogP contribution >= 0.6 is 23.7 Å². The van der Waals surface area contributed by atoms with Crippen LogP contribution in [-0.4, -0.2) is 40.0 Å². The van der Waals surface area contributed by atoms with E-state index in [1.54, 1.807) is 12.1 Å². The highest BCUT2D eigenvalue weighted by molar-refractivity contribution is 7.13. The highest BCUT2D eigenvalue weighted by Gasteiger charge is 2.23. The van der Waals surface area contributed by atoms with E-state index in [1.807, 2.05) is 11.4 Å². The topological polar surface area (TPSA) is 71.3 Å². The number of nitrogens with one attached hydrogen (secondary N) is 1. The van der Waals surface area contributed by atoms with Gasteiger partial charge in [0.25, 0.3) is 5.69 Å².